The van der Waals surface area contributed by atoms with Gasteiger partial charge >= 0.3 is 0 Å². The highest BCUT2D eigenvalue weighted by Gasteiger charge is 2.50. The summed E-state index contributed by atoms with van der Waals surface area (Å²) in [5.41, 5.74) is 4.00. The van der Waals surface area contributed by atoms with Crippen LogP contribution in [-0.2, 0) is 0 Å². The zero-order valence-electron chi connectivity index (χ0n) is 20.2. The van der Waals surface area contributed by atoms with E-state index in [0.29, 0.717) is 17.3 Å². The number of hydrogen-bond acceptors (Lipinski definition) is 2. The molecule has 0 saturated heterocycles. The Labute approximate surface area is 185 Å². The molecule has 6 unspecified atom stereocenters. The van der Waals surface area contributed by atoms with E-state index in [-0.39, 0.29) is 6.10 Å². The van der Waals surface area contributed by atoms with E-state index < -0.39 is 5.60 Å². The first kappa shape index (κ1) is 23.8. The second kappa shape index (κ2) is 9.33. The average Bonchev–Trinajstić information content (AvgIpc) is 3.00. The molecule has 0 amide bonds. The Balaban J connectivity index is 1.69. The fraction of sp³-hybridized carbons (Fsp3) is 0.786. The zero-order chi connectivity index (χ0) is 22.1. The number of hydrogen-bond donors (Lipinski definition) is 2. The van der Waals surface area contributed by atoms with Gasteiger partial charge in [-0.1, -0.05) is 63.5 Å². The minimum absolute atomic E-state index is 0.225. The maximum absolute atomic E-state index is 10.3. The van der Waals surface area contributed by atoms with Crippen molar-refractivity contribution in [2.45, 2.75) is 111 Å². The van der Waals surface area contributed by atoms with E-state index in [1.54, 1.807) is 5.57 Å². The van der Waals surface area contributed by atoms with Crippen LogP contribution >= 0.6 is 0 Å². The fourth-order valence-electron chi connectivity index (χ4n) is 6.89. The lowest BCUT2D eigenvalue weighted by molar-refractivity contribution is 0.0596. The van der Waals surface area contributed by atoms with Crippen molar-refractivity contribution < 1.29 is 10.2 Å². The second-order valence-electron chi connectivity index (χ2n) is 11.8. The van der Waals surface area contributed by atoms with E-state index in [0.717, 1.165) is 37.5 Å². The van der Waals surface area contributed by atoms with Gasteiger partial charge in [-0.3, -0.25) is 0 Å². The molecule has 0 aromatic carbocycles. The van der Waals surface area contributed by atoms with Crippen LogP contribution in [0.5, 0.6) is 0 Å². The van der Waals surface area contributed by atoms with Crippen molar-refractivity contribution >= 4 is 0 Å². The van der Waals surface area contributed by atoms with Crippen LogP contribution < -0.4 is 0 Å². The summed E-state index contributed by atoms with van der Waals surface area (Å²) in [4.78, 5) is 0. The average molecular weight is 415 g/mol. The third kappa shape index (κ3) is 5.30. The van der Waals surface area contributed by atoms with Crippen LogP contribution in [0.1, 0.15) is 98.8 Å². The predicted molar refractivity (Wildman–Crippen MR) is 127 cm³/mol. The first-order valence-electron chi connectivity index (χ1n) is 12.5. The van der Waals surface area contributed by atoms with Crippen molar-refractivity contribution in [3.8, 4) is 0 Å². The van der Waals surface area contributed by atoms with Crippen LogP contribution in [-0.4, -0.2) is 21.9 Å². The Morgan fingerprint density at radius 3 is 2.67 bits per heavy atom. The van der Waals surface area contributed by atoms with Gasteiger partial charge in [-0.15, -0.1) is 0 Å². The molecule has 3 saturated carbocycles. The molecule has 3 rings (SSSR count). The lowest BCUT2D eigenvalue weighted by Gasteiger charge is -2.44. The quantitative estimate of drug-likeness (QED) is 0.492. The van der Waals surface area contributed by atoms with Gasteiger partial charge in [0.15, 0.2) is 0 Å². The fourth-order valence-corrected chi connectivity index (χ4v) is 6.89. The summed E-state index contributed by atoms with van der Waals surface area (Å²) in [5, 5.41) is 20.3. The normalized spacial score (nSPS) is 38.8. The first-order chi connectivity index (χ1) is 14.0. The summed E-state index contributed by atoms with van der Waals surface area (Å²) in [6.45, 7) is 15.3. The zero-order valence-corrected chi connectivity index (χ0v) is 20.2. The molecule has 2 heteroatoms. The van der Waals surface area contributed by atoms with Crippen molar-refractivity contribution in [2.24, 2.45) is 29.1 Å². The molecule has 0 bridgehead atoms. The molecule has 3 aliphatic carbocycles. The predicted octanol–water partition coefficient (Wildman–Crippen LogP) is 6.98. The standard InChI is InChI=1S/C28H46O2/c1-19(9-7-15-27(4,5)30)24-13-14-25-22(10-8-16-28(24,25)6)11-12-23-18-26(29)21(3)17-20(23)2/h11-12,19,21,24-26,29-30H,2,7-10,13-18H2,1,3-6H3/b22-11+,23-12-. The van der Waals surface area contributed by atoms with Crippen LogP contribution in [0.15, 0.2) is 35.5 Å². The number of aliphatic hydroxyl groups excluding tert-OH is 1. The molecule has 0 spiro atoms. The van der Waals surface area contributed by atoms with Gasteiger partial charge < -0.3 is 10.2 Å². The SMILES string of the molecule is C=C1CC(C)C(O)C/C1=C/C=C1\CCCC2(C)C1CCC2C(C)CCCC(C)(C)O. The van der Waals surface area contributed by atoms with E-state index in [9.17, 15) is 10.2 Å². The van der Waals surface area contributed by atoms with E-state index in [2.05, 4.69) is 39.5 Å². The Hall–Kier alpha value is -0.860. The van der Waals surface area contributed by atoms with Crippen LogP contribution in [0, 0.1) is 29.1 Å². The van der Waals surface area contributed by atoms with Crippen molar-refractivity contribution in [2.75, 3.05) is 0 Å². The summed E-state index contributed by atoms with van der Waals surface area (Å²) in [6, 6.07) is 0. The van der Waals surface area contributed by atoms with Crippen LogP contribution in [0.2, 0.25) is 0 Å². The number of allylic oxidation sites excluding steroid dienone is 4. The third-order valence-corrected chi connectivity index (χ3v) is 8.78. The molecule has 0 aromatic rings. The van der Waals surface area contributed by atoms with E-state index in [1.165, 1.54) is 49.7 Å². The molecule has 0 aliphatic heterocycles. The Kier molecular flexibility index (Phi) is 7.40. The molecule has 0 heterocycles. The minimum atomic E-state index is -0.537. The van der Waals surface area contributed by atoms with Gasteiger partial charge in [-0.25, -0.2) is 0 Å². The molecule has 0 aromatic heterocycles. The maximum atomic E-state index is 10.3. The van der Waals surface area contributed by atoms with Gasteiger partial charge in [0.2, 0.25) is 0 Å². The topological polar surface area (TPSA) is 40.5 Å². The third-order valence-electron chi connectivity index (χ3n) is 8.78. The Morgan fingerprint density at radius 1 is 1.23 bits per heavy atom. The maximum Gasteiger partial charge on any atom is 0.0609 e. The summed E-state index contributed by atoms with van der Waals surface area (Å²) >= 11 is 0. The molecular weight excluding hydrogens is 368 g/mol. The van der Waals surface area contributed by atoms with Crippen molar-refractivity contribution in [3.05, 3.63) is 35.5 Å². The number of fused-ring (bicyclic) bond motifs is 1. The van der Waals surface area contributed by atoms with E-state index in [1.807, 2.05) is 13.8 Å². The smallest absolute Gasteiger partial charge is 0.0609 e. The van der Waals surface area contributed by atoms with E-state index in [4.69, 9.17) is 0 Å². The van der Waals surface area contributed by atoms with Crippen LogP contribution in [0.25, 0.3) is 0 Å². The summed E-state index contributed by atoms with van der Waals surface area (Å²) in [5.74, 6) is 2.57. The van der Waals surface area contributed by atoms with Gasteiger partial charge in [0.1, 0.15) is 0 Å². The molecule has 0 radical (unpaired) electrons. The summed E-state index contributed by atoms with van der Waals surface area (Å²) in [6.07, 6.45) is 16.0. The van der Waals surface area contributed by atoms with E-state index >= 15 is 0 Å². The van der Waals surface area contributed by atoms with Gasteiger partial charge in [0.05, 0.1) is 11.7 Å². The van der Waals surface area contributed by atoms with Crippen molar-refractivity contribution in [3.63, 3.8) is 0 Å². The summed E-state index contributed by atoms with van der Waals surface area (Å²) in [7, 11) is 0. The van der Waals surface area contributed by atoms with Gasteiger partial charge in [0, 0.05) is 0 Å². The monoisotopic (exact) mass is 414 g/mol. The van der Waals surface area contributed by atoms with Crippen molar-refractivity contribution in [1.82, 2.24) is 0 Å². The minimum Gasteiger partial charge on any atom is -0.392 e. The lowest BCUT2D eigenvalue weighted by Crippen LogP contribution is -2.36. The van der Waals surface area contributed by atoms with Crippen LogP contribution in [0.3, 0.4) is 0 Å². The highest BCUT2D eigenvalue weighted by molar-refractivity contribution is 5.36. The molecule has 3 fully saturated rings. The highest BCUT2D eigenvalue weighted by Crippen LogP contribution is 2.60. The lowest BCUT2D eigenvalue weighted by atomic mass is 9.60. The highest BCUT2D eigenvalue weighted by atomic mass is 16.3. The number of rotatable bonds is 6. The molecule has 170 valence electrons. The Morgan fingerprint density at radius 2 is 1.97 bits per heavy atom. The molecule has 2 nitrogen and oxygen atoms in total. The molecule has 2 N–H and O–H groups in total. The molecular formula is C28H46O2. The van der Waals surface area contributed by atoms with Gasteiger partial charge in [-0.05, 0) is 99.9 Å². The second-order valence-corrected chi connectivity index (χ2v) is 11.8. The summed E-state index contributed by atoms with van der Waals surface area (Å²) < 4.78 is 0. The first-order valence-corrected chi connectivity index (χ1v) is 12.5. The molecule has 30 heavy (non-hydrogen) atoms. The van der Waals surface area contributed by atoms with Crippen molar-refractivity contribution in [1.29, 1.82) is 0 Å². The van der Waals surface area contributed by atoms with Gasteiger partial charge in [-0.2, -0.15) is 0 Å². The molecule has 3 aliphatic rings. The number of aliphatic hydroxyl groups is 2. The molecule has 6 atom stereocenters. The largest absolute Gasteiger partial charge is 0.392 e. The van der Waals surface area contributed by atoms with Gasteiger partial charge in [0.25, 0.3) is 0 Å². The Bertz CT molecular complexity index is 679. The van der Waals surface area contributed by atoms with Crippen LogP contribution in [0.4, 0.5) is 0 Å².